The topological polar surface area (TPSA) is 51.8 Å². The lowest BCUT2D eigenvalue weighted by Crippen LogP contribution is -2.15. The molecule has 0 radical (unpaired) electrons. The van der Waals surface area contributed by atoms with Crippen LogP contribution in [0, 0.1) is 0 Å². The lowest BCUT2D eigenvalue weighted by Gasteiger charge is -2.22. The van der Waals surface area contributed by atoms with Gasteiger partial charge in [0, 0.05) is 43.9 Å². The average molecular weight is 786 g/mol. The molecule has 10 aromatic rings. The number of benzene rings is 8. The average Bonchev–Trinajstić information content (AvgIpc) is 3.88. The molecule has 2 aliphatic carbocycles. The number of nitrogens with zero attached hydrogens (tertiary/aromatic N) is 3. The monoisotopic (exact) mass is 785 g/mol. The molecular weight excluding hydrogens is 743 g/mol. The molecule has 0 saturated carbocycles. The minimum atomic E-state index is -0.291. The Morgan fingerprint density at radius 2 is 0.918 bits per heavy atom. The molecule has 0 fully saturated rings. The number of fused-ring (bicyclic) bond motifs is 9. The van der Waals surface area contributed by atoms with Gasteiger partial charge in [-0.1, -0.05) is 173 Å². The van der Waals surface area contributed by atoms with E-state index in [1.807, 2.05) is 97.1 Å². The van der Waals surface area contributed by atoms with Crippen LogP contribution in [0.25, 0.3) is 101 Å². The van der Waals surface area contributed by atoms with Crippen molar-refractivity contribution in [2.45, 2.75) is 38.5 Å². The van der Waals surface area contributed by atoms with Gasteiger partial charge in [-0.3, -0.25) is 0 Å². The molecule has 2 aromatic heterocycles. The normalized spacial score (nSPS) is 14.6. The van der Waals surface area contributed by atoms with Gasteiger partial charge in [-0.2, -0.15) is 0 Å². The van der Waals surface area contributed by atoms with E-state index in [2.05, 4.69) is 94.4 Å². The van der Waals surface area contributed by atoms with Crippen molar-refractivity contribution in [2.75, 3.05) is 0 Å². The number of hydrogen-bond acceptors (Lipinski definition) is 4. The zero-order valence-corrected chi connectivity index (χ0v) is 34.3. The second-order valence-electron chi connectivity index (χ2n) is 17.4. The van der Waals surface area contributed by atoms with E-state index >= 15 is 0 Å². The Labute approximate surface area is 358 Å². The molecule has 0 aliphatic heterocycles. The SMILES string of the molecule is [2H]c1ccc2c(c1)C(C)(C)c1cc(-c3cc(-c4ccc5c(c4)C(C)(C)c4cc([2H])ccc4-5)c4oc5cccc(-c6nc(-c7ccccc7)nc(-c7ccccc7)n6)c5c4c3)ccc1-2. The van der Waals surface area contributed by atoms with Gasteiger partial charge in [-0.15, -0.1) is 0 Å². The van der Waals surface area contributed by atoms with Crippen molar-refractivity contribution in [3.8, 4) is 78.7 Å². The standard InChI is InChI=1S/C57H41N3O/c1-56(2)46-23-13-11-20-39(46)41-28-26-36(32-48(41)56)38-30-44(37-27-29-42-40-21-12-14-24-47(40)57(3,4)49(42)33-37)52-45(31-38)51-43(22-15-25-50(51)61-52)55-59-53(34-16-7-5-8-17-34)58-54(60-55)35-18-9-6-10-19-35/h5-33H,1-4H3/i13D,14D. The highest BCUT2D eigenvalue weighted by Gasteiger charge is 2.37. The Hall–Kier alpha value is -7.43. The van der Waals surface area contributed by atoms with Crippen LogP contribution in [-0.4, -0.2) is 15.0 Å². The first-order valence-corrected chi connectivity index (χ1v) is 20.9. The predicted octanol–water partition coefficient (Wildman–Crippen LogP) is 14.7. The van der Waals surface area contributed by atoms with E-state index in [0.717, 1.165) is 60.9 Å². The maximum atomic E-state index is 8.45. The summed E-state index contributed by atoms with van der Waals surface area (Å²) in [6.45, 7) is 9.05. The van der Waals surface area contributed by atoms with Crippen LogP contribution in [0.3, 0.4) is 0 Å². The van der Waals surface area contributed by atoms with Crippen molar-refractivity contribution in [1.29, 1.82) is 0 Å². The minimum Gasteiger partial charge on any atom is -0.455 e. The van der Waals surface area contributed by atoms with Crippen LogP contribution in [0.2, 0.25) is 0 Å². The molecule has 0 bridgehead atoms. The predicted molar refractivity (Wildman–Crippen MR) is 249 cm³/mol. The van der Waals surface area contributed by atoms with Gasteiger partial charge in [0.05, 0.1) is 2.74 Å². The van der Waals surface area contributed by atoms with Crippen molar-refractivity contribution in [3.63, 3.8) is 0 Å². The maximum absolute atomic E-state index is 8.45. The van der Waals surface area contributed by atoms with E-state index in [9.17, 15) is 0 Å². The summed E-state index contributed by atoms with van der Waals surface area (Å²) in [6, 6.07) is 57.5. The quantitative estimate of drug-likeness (QED) is 0.174. The van der Waals surface area contributed by atoms with E-state index in [4.69, 9.17) is 22.1 Å². The molecule has 0 saturated heterocycles. The summed E-state index contributed by atoms with van der Waals surface area (Å²) >= 11 is 0. The van der Waals surface area contributed by atoms with Crippen LogP contribution >= 0.6 is 0 Å². The van der Waals surface area contributed by atoms with E-state index in [1.165, 1.54) is 44.5 Å². The molecular formula is C57H41N3O. The molecule has 4 heteroatoms. The van der Waals surface area contributed by atoms with Crippen LogP contribution in [0.4, 0.5) is 0 Å². The molecule has 61 heavy (non-hydrogen) atoms. The fraction of sp³-hybridized carbons (Fsp3) is 0.105. The Kier molecular flexibility index (Phi) is 7.14. The minimum absolute atomic E-state index is 0.273. The van der Waals surface area contributed by atoms with Crippen molar-refractivity contribution in [1.82, 2.24) is 15.0 Å². The molecule has 0 spiro atoms. The van der Waals surface area contributed by atoms with Crippen molar-refractivity contribution < 1.29 is 7.16 Å². The Morgan fingerprint density at radius 1 is 0.393 bits per heavy atom. The van der Waals surface area contributed by atoms with Gasteiger partial charge < -0.3 is 4.42 Å². The van der Waals surface area contributed by atoms with Gasteiger partial charge in [0.25, 0.3) is 0 Å². The van der Waals surface area contributed by atoms with Gasteiger partial charge in [0.1, 0.15) is 11.2 Å². The first-order chi connectivity index (χ1) is 30.5. The zero-order valence-electron chi connectivity index (χ0n) is 36.3. The second kappa shape index (κ2) is 13.0. The maximum Gasteiger partial charge on any atom is 0.164 e. The first-order valence-electron chi connectivity index (χ1n) is 21.9. The summed E-state index contributed by atoms with van der Waals surface area (Å²) in [5.74, 6) is 1.77. The number of aromatic nitrogens is 3. The van der Waals surface area contributed by atoms with E-state index in [-0.39, 0.29) is 10.8 Å². The molecule has 4 nitrogen and oxygen atoms in total. The van der Waals surface area contributed by atoms with E-state index < -0.39 is 0 Å². The van der Waals surface area contributed by atoms with Gasteiger partial charge in [0.2, 0.25) is 0 Å². The van der Waals surface area contributed by atoms with E-state index in [0.29, 0.717) is 29.6 Å². The van der Waals surface area contributed by atoms with E-state index in [1.54, 1.807) is 0 Å². The third-order valence-electron chi connectivity index (χ3n) is 13.2. The summed E-state index contributed by atoms with van der Waals surface area (Å²) in [6.07, 6.45) is 0. The fourth-order valence-corrected chi connectivity index (χ4v) is 10.0. The van der Waals surface area contributed by atoms with Crippen LogP contribution in [-0.2, 0) is 10.8 Å². The molecule has 2 aliphatic rings. The van der Waals surface area contributed by atoms with Crippen LogP contribution in [0.5, 0.6) is 0 Å². The van der Waals surface area contributed by atoms with Gasteiger partial charge >= 0.3 is 0 Å². The number of furan rings is 1. The molecule has 0 atom stereocenters. The zero-order chi connectivity index (χ0) is 42.8. The number of rotatable bonds is 5. The summed E-state index contributed by atoms with van der Waals surface area (Å²) in [4.78, 5) is 15.3. The molecule has 0 unspecified atom stereocenters. The number of hydrogen-bond donors (Lipinski definition) is 0. The first kappa shape index (κ1) is 33.4. The van der Waals surface area contributed by atoms with Gasteiger partial charge in [-0.25, -0.2) is 15.0 Å². The van der Waals surface area contributed by atoms with Crippen LogP contribution < -0.4 is 0 Å². The third kappa shape index (κ3) is 5.35. The molecule has 12 rings (SSSR count). The van der Waals surface area contributed by atoms with Crippen LogP contribution in [0.1, 0.15) is 52.7 Å². The summed E-state index contributed by atoms with van der Waals surface area (Å²) in [7, 11) is 0. The smallest absolute Gasteiger partial charge is 0.164 e. The van der Waals surface area contributed by atoms with Crippen molar-refractivity contribution in [3.05, 3.63) is 198 Å². The molecule has 8 aromatic carbocycles. The summed E-state index contributed by atoms with van der Waals surface area (Å²) < 4.78 is 23.9. The van der Waals surface area contributed by atoms with Crippen molar-refractivity contribution in [2.24, 2.45) is 0 Å². The molecule has 290 valence electrons. The van der Waals surface area contributed by atoms with Crippen LogP contribution in [0.15, 0.2) is 180 Å². The Morgan fingerprint density at radius 3 is 1.52 bits per heavy atom. The lowest BCUT2D eigenvalue weighted by atomic mass is 9.81. The van der Waals surface area contributed by atoms with Gasteiger partial charge in [-0.05, 0) is 91.5 Å². The summed E-state index contributed by atoms with van der Waals surface area (Å²) in [5, 5.41) is 1.91. The van der Waals surface area contributed by atoms with Crippen molar-refractivity contribution >= 4 is 21.9 Å². The Balaban J connectivity index is 1.11. The molecule has 0 amide bonds. The van der Waals surface area contributed by atoms with Gasteiger partial charge in [0.15, 0.2) is 17.5 Å². The highest BCUT2D eigenvalue weighted by molar-refractivity contribution is 6.16. The lowest BCUT2D eigenvalue weighted by molar-refractivity contribution is 0.660. The molecule has 2 heterocycles. The highest BCUT2D eigenvalue weighted by atomic mass is 16.3. The summed E-state index contributed by atoms with van der Waals surface area (Å²) in [5.41, 5.74) is 17.5. The largest absolute Gasteiger partial charge is 0.455 e. The third-order valence-corrected chi connectivity index (χ3v) is 13.2. The molecule has 0 N–H and O–H groups in total. The highest BCUT2D eigenvalue weighted by Crippen LogP contribution is 2.52. The second-order valence-corrected chi connectivity index (χ2v) is 17.4. The Bertz CT molecular complexity index is 3480. The fourth-order valence-electron chi connectivity index (χ4n) is 10.0.